The molecule has 4 heteroatoms. The molecule has 0 spiro atoms. The molecule has 1 unspecified atom stereocenters. The van der Waals surface area contributed by atoms with Crippen molar-refractivity contribution in [3.8, 4) is 5.75 Å². The summed E-state index contributed by atoms with van der Waals surface area (Å²) < 4.78 is 5.72. The van der Waals surface area contributed by atoms with Crippen molar-refractivity contribution in [3.05, 3.63) is 60.7 Å². The van der Waals surface area contributed by atoms with Gasteiger partial charge < -0.3 is 9.64 Å². The number of hydrogen-bond donors (Lipinski definition) is 1. The van der Waals surface area contributed by atoms with Crippen LogP contribution in [0.3, 0.4) is 0 Å². The van der Waals surface area contributed by atoms with Gasteiger partial charge in [0.2, 0.25) is 0 Å². The fourth-order valence-corrected chi connectivity index (χ4v) is 4.82. The third-order valence-electron chi connectivity index (χ3n) is 6.24. The summed E-state index contributed by atoms with van der Waals surface area (Å²) >= 11 is 4.85. The van der Waals surface area contributed by atoms with E-state index in [0.717, 1.165) is 18.0 Å². The molecule has 1 atom stereocenters. The van der Waals surface area contributed by atoms with E-state index in [-0.39, 0.29) is 17.8 Å². The van der Waals surface area contributed by atoms with Gasteiger partial charge in [-0.25, -0.2) is 0 Å². The van der Waals surface area contributed by atoms with Crippen LogP contribution < -0.4 is 9.64 Å². The van der Waals surface area contributed by atoms with E-state index < -0.39 is 0 Å². The first-order valence-corrected chi connectivity index (χ1v) is 12.5. The lowest BCUT2D eigenvalue weighted by Crippen LogP contribution is -2.39. The second kappa shape index (κ2) is 13.5. The molecule has 168 valence electrons. The number of rotatable bonds is 10. The molecule has 31 heavy (non-hydrogen) atoms. The minimum atomic E-state index is -0.0332. The number of hydrogen-bond acceptors (Lipinski definition) is 3. The van der Waals surface area contributed by atoms with Crippen LogP contribution in [0.15, 0.2) is 60.7 Å². The van der Waals surface area contributed by atoms with Crippen LogP contribution in [0.4, 0.5) is 5.69 Å². The zero-order valence-corrected chi connectivity index (χ0v) is 19.5. The maximum atomic E-state index is 13.0. The van der Waals surface area contributed by atoms with Crippen LogP contribution in [0.2, 0.25) is 0 Å². The van der Waals surface area contributed by atoms with Crippen LogP contribution in [-0.4, -0.2) is 24.3 Å². The van der Waals surface area contributed by atoms with Crippen LogP contribution in [0, 0.1) is 5.92 Å². The Bertz CT molecular complexity index is 744. The number of thiol groups is 1. The summed E-state index contributed by atoms with van der Waals surface area (Å²) in [5.74, 6) is 1.56. The summed E-state index contributed by atoms with van der Waals surface area (Å²) in [6, 6.07) is 19.4. The number of amides is 1. The standard InChI is InChI=1S/C27H37NO2S/c29-27(22-30-25-18-10-5-11-19-25)28(24-16-8-4-9-17-24)21-26(31)20-12-15-23-13-6-2-1-3-7-14-23/h4-5,8-11,16-19,23,26,31H,1-3,6-7,12-15,20-22H2. The first-order chi connectivity index (χ1) is 15.2. The molecule has 0 bridgehead atoms. The molecule has 1 saturated carbocycles. The Morgan fingerprint density at radius 1 is 0.935 bits per heavy atom. The summed E-state index contributed by atoms with van der Waals surface area (Å²) in [6.45, 7) is 0.635. The van der Waals surface area contributed by atoms with Gasteiger partial charge in [-0.3, -0.25) is 4.79 Å². The minimum Gasteiger partial charge on any atom is -0.484 e. The SMILES string of the molecule is O=C(COc1ccccc1)N(CC(S)CCCC1CCCCCCC1)c1ccccc1. The van der Waals surface area contributed by atoms with Crippen LogP contribution in [0.1, 0.15) is 64.2 Å². The first kappa shape index (κ1) is 23.7. The van der Waals surface area contributed by atoms with E-state index >= 15 is 0 Å². The molecule has 1 aliphatic rings. The van der Waals surface area contributed by atoms with Gasteiger partial charge >= 0.3 is 0 Å². The van der Waals surface area contributed by atoms with Crippen LogP contribution in [-0.2, 0) is 4.79 Å². The number of ether oxygens (including phenoxy) is 1. The van der Waals surface area contributed by atoms with Crippen molar-refractivity contribution in [1.82, 2.24) is 0 Å². The van der Waals surface area contributed by atoms with E-state index in [1.807, 2.05) is 65.6 Å². The second-order valence-electron chi connectivity index (χ2n) is 8.74. The van der Waals surface area contributed by atoms with Gasteiger partial charge in [0.25, 0.3) is 5.91 Å². The highest BCUT2D eigenvalue weighted by atomic mass is 32.1. The quantitative estimate of drug-likeness (QED) is 0.407. The van der Waals surface area contributed by atoms with Gasteiger partial charge in [-0.05, 0) is 36.6 Å². The monoisotopic (exact) mass is 439 g/mol. The summed E-state index contributed by atoms with van der Waals surface area (Å²) in [7, 11) is 0. The van der Waals surface area contributed by atoms with Crippen molar-refractivity contribution in [2.75, 3.05) is 18.1 Å². The molecule has 0 aliphatic heterocycles. The largest absolute Gasteiger partial charge is 0.484 e. The fourth-order valence-electron chi connectivity index (χ4n) is 4.47. The van der Waals surface area contributed by atoms with Gasteiger partial charge in [-0.2, -0.15) is 12.6 Å². The molecule has 2 aromatic carbocycles. The average Bonchev–Trinajstić information content (AvgIpc) is 2.78. The lowest BCUT2D eigenvalue weighted by atomic mass is 9.87. The molecule has 0 aromatic heterocycles. The topological polar surface area (TPSA) is 29.5 Å². The highest BCUT2D eigenvalue weighted by molar-refractivity contribution is 7.81. The predicted octanol–water partition coefficient (Wildman–Crippen LogP) is 6.93. The number of para-hydroxylation sites is 2. The second-order valence-corrected chi connectivity index (χ2v) is 9.47. The van der Waals surface area contributed by atoms with E-state index in [2.05, 4.69) is 0 Å². The molecule has 0 saturated heterocycles. The molecule has 0 N–H and O–H groups in total. The van der Waals surface area contributed by atoms with Crippen molar-refractivity contribution in [2.24, 2.45) is 5.92 Å². The highest BCUT2D eigenvalue weighted by Gasteiger charge is 2.20. The van der Waals surface area contributed by atoms with Crippen LogP contribution >= 0.6 is 12.6 Å². The molecule has 3 nitrogen and oxygen atoms in total. The van der Waals surface area contributed by atoms with Crippen molar-refractivity contribution in [1.29, 1.82) is 0 Å². The third kappa shape index (κ3) is 8.60. The Balaban J connectivity index is 1.50. The summed E-state index contributed by atoms with van der Waals surface area (Å²) in [5.41, 5.74) is 0.906. The van der Waals surface area contributed by atoms with Gasteiger partial charge in [0, 0.05) is 17.5 Å². The Labute approximate surface area is 193 Å². The van der Waals surface area contributed by atoms with Gasteiger partial charge in [0.15, 0.2) is 6.61 Å². The van der Waals surface area contributed by atoms with E-state index in [4.69, 9.17) is 17.4 Å². The fraction of sp³-hybridized carbons (Fsp3) is 0.519. The average molecular weight is 440 g/mol. The third-order valence-corrected chi connectivity index (χ3v) is 6.66. The van der Waals surface area contributed by atoms with Gasteiger partial charge in [-0.1, -0.05) is 94.2 Å². The molecule has 2 aromatic rings. The molecular formula is C27H37NO2S. The number of carbonyl (C=O) groups is 1. The highest BCUT2D eigenvalue weighted by Crippen LogP contribution is 2.27. The number of nitrogens with zero attached hydrogens (tertiary/aromatic N) is 1. The van der Waals surface area contributed by atoms with Crippen LogP contribution in [0.25, 0.3) is 0 Å². The Kier molecular flexibility index (Phi) is 10.3. The summed E-state index contributed by atoms with van der Waals surface area (Å²) in [5, 5.41) is 0.162. The van der Waals surface area contributed by atoms with E-state index in [0.29, 0.717) is 12.3 Å². The summed E-state index contributed by atoms with van der Waals surface area (Å²) in [4.78, 5) is 14.8. The first-order valence-electron chi connectivity index (χ1n) is 11.9. The Morgan fingerprint density at radius 2 is 1.55 bits per heavy atom. The lowest BCUT2D eigenvalue weighted by Gasteiger charge is -2.26. The molecule has 1 fully saturated rings. The Hall–Kier alpha value is -1.94. The maximum absolute atomic E-state index is 13.0. The van der Waals surface area contributed by atoms with E-state index in [9.17, 15) is 4.79 Å². The lowest BCUT2D eigenvalue weighted by molar-refractivity contribution is -0.120. The molecule has 1 aliphatic carbocycles. The van der Waals surface area contributed by atoms with Crippen molar-refractivity contribution in [2.45, 2.75) is 69.5 Å². The number of benzene rings is 2. The molecule has 3 rings (SSSR count). The molecular weight excluding hydrogens is 402 g/mol. The normalized spacial score (nSPS) is 16.2. The predicted molar refractivity (Wildman–Crippen MR) is 133 cm³/mol. The van der Waals surface area contributed by atoms with Gasteiger partial charge in [0.05, 0.1) is 0 Å². The van der Waals surface area contributed by atoms with Crippen LogP contribution in [0.5, 0.6) is 5.75 Å². The zero-order chi connectivity index (χ0) is 21.7. The molecule has 1 amide bonds. The number of anilines is 1. The van der Waals surface area contributed by atoms with Crippen molar-refractivity contribution in [3.63, 3.8) is 0 Å². The molecule has 0 radical (unpaired) electrons. The molecule has 0 heterocycles. The Morgan fingerprint density at radius 3 is 2.23 bits per heavy atom. The zero-order valence-electron chi connectivity index (χ0n) is 18.6. The maximum Gasteiger partial charge on any atom is 0.264 e. The summed E-state index contributed by atoms with van der Waals surface area (Å²) in [6.07, 6.45) is 13.3. The van der Waals surface area contributed by atoms with Crippen molar-refractivity contribution < 1.29 is 9.53 Å². The van der Waals surface area contributed by atoms with Gasteiger partial charge in [0.1, 0.15) is 5.75 Å². The minimum absolute atomic E-state index is 0.0292. The van der Waals surface area contributed by atoms with E-state index in [1.54, 1.807) is 0 Å². The number of carbonyl (C=O) groups excluding carboxylic acids is 1. The van der Waals surface area contributed by atoms with Gasteiger partial charge in [-0.15, -0.1) is 0 Å². The smallest absolute Gasteiger partial charge is 0.264 e. The van der Waals surface area contributed by atoms with E-state index in [1.165, 1.54) is 57.8 Å². The van der Waals surface area contributed by atoms with Crippen molar-refractivity contribution >= 4 is 24.2 Å².